The molecule has 0 bridgehead atoms. The Morgan fingerprint density at radius 2 is 1.19 bits per heavy atom. The summed E-state index contributed by atoms with van der Waals surface area (Å²) in [6.45, 7) is 0.0710. The number of fused-ring (bicyclic) bond motifs is 2. The molecule has 23 N–H and O–H groups in total. The number of cyclic esters (lactones) is 1. The second-order valence-electron chi connectivity index (χ2n) is 24.9. The number of carbonyl (C=O) groups excluding carboxylic acids is 13. The molecule has 43 nitrogen and oxygen atoms in total. The first-order valence-corrected chi connectivity index (χ1v) is 34.8. The molecule has 2 fully saturated rings. The fraction of sp³-hybridized carbons (Fsp3) is 0.379. The van der Waals surface area contributed by atoms with E-state index in [2.05, 4.69) is 46.4 Å². The number of amides is 12. The summed E-state index contributed by atoms with van der Waals surface area (Å²) in [5, 5.41) is 84.4. The first-order chi connectivity index (χ1) is 51.9. The zero-order chi connectivity index (χ0) is 81.0. The minimum Gasteiger partial charge on any atom is -0.508 e. The van der Waals surface area contributed by atoms with Crippen LogP contribution in [-0.4, -0.2) is 237 Å². The van der Waals surface area contributed by atoms with Gasteiger partial charge in [-0.2, -0.15) is 0 Å². The number of phenolic OH excluding ortho intramolecular Hbond substituents is 1. The molecule has 4 heterocycles. The van der Waals surface area contributed by atoms with Crippen molar-refractivity contribution in [3.8, 4) is 5.75 Å². The highest BCUT2D eigenvalue weighted by molar-refractivity contribution is 7.46. The zero-order valence-electron chi connectivity index (χ0n) is 57.9. The van der Waals surface area contributed by atoms with Crippen molar-refractivity contribution < 1.29 is 140 Å². The molecule has 110 heavy (non-hydrogen) atoms. The molecule has 0 saturated carbocycles. The monoisotopic (exact) mass is 1560 g/mol. The van der Waals surface area contributed by atoms with Crippen LogP contribution in [0.25, 0.3) is 27.9 Å². The highest BCUT2D eigenvalue weighted by atomic mass is 31.2. The number of nitrogens with one attached hydrogen (secondary N) is 13. The zero-order valence-corrected chi connectivity index (χ0v) is 58.8. The molecule has 44 heteroatoms. The van der Waals surface area contributed by atoms with Gasteiger partial charge >= 0.3 is 37.7 Å². The van der Waals surface area contributed by atoms with Crippen molar-refractivity contribution in [3.63, 3.8) is 0 Å². The van der Waals surface area contributed by atoms with Gasteiger partial charge in [-0.15, -0.1) is 0 Å². The number of esters is 1. The minimum atomic E-state index is -6.01. The number of aromatic amines is 2. The second-order valence-corrected chi connectivity index (χ2v) is 26.1. The molecule has 0 spiro atoms. The second kappa shape index (κ2) is 38.2. The fourth-order valence-corrected chi connectivity index (χ4v) is 11.7. The molecule has 2 aromatic heterocycles. The lowest BCUT2D eigenvalue weighted by Crippen LogP contribution is -2.62. The van der Waals surface area contributed by atoms with Gasteiger partial charge in [0.05, 0.1) is 38.5 Å². The number of ether oxygens (including phenoxy) is 2. The predicted molar refractivity (Wildman–Crippen MR) is 370 cm³/mol. The summed E-state index contributed by atoms with van der Waals surface area (Å²) in [5.41, 5.74) is 5.13. The number of aromatic nitrogens is 2. The summed E-state index contributed by atoms with van der Waals surface area (Å²) in [6, 6.07) is -4.55. The van der Waals surface area contributed by atoms with E-state index < -0.39 is 250 Å². The molecular weight excluding hydrogens is 1480 g/mol. The number of hydrogen-bond acceptors (Lipinski definition) is 23. The number of para-hydroxylation sites is 2. The molecule has 5 aromatic rings. The molecule has 2 aliphatic heterocycles. The summed E-state index contributed by atoms with van der Waals surface area (Å²) in [5.74, 6) is -28.2. The number of aliphatic hydroxyl groups is 1. The summed E-state index contributed by atoms with van der Waals surface area (Å²) in [4.78, 5) is 262. The number of nitrogens with two attached hydrogens (primary N) is 1. The van der Waals surface area contributed by atoms with Crippen LogP contribution in [0.5, 0.6) is 5.75 Å². The molecule has 7 rings (SSSR count). The number of rotatable bonds is 24. The van der Waals surface area contributed by atoms with Crippen LogP contribution in [0.1, 0.15) is 81.5 Å². The Morgan fingerprint density at radius 3 is 1.77 bits per heavy atom. The topological polar surface area (TPSA) is 690 Å². The normalized spacial score (nSPS) is 23.6. The SMILES string of the molecule is CCC[C@H]1O[C@@H]1C(=O)N[C@@H](CO)C(=O)N[C@@H]1C(=O)N[C@H](Cc2c[nH]c3ccccc23)C(=O)N[C@@H](CC(=O)O)C(=O)N[C@@H](CC(=O)O)C(=O)N[C@H](c2ccc(O)cc2)C(=O)N[C@@H](CC(=O)O)C(=O)NCC(=O)N[C@H]([C@H](OP(=O)(O)O)C(N)=O)C(=O)N[C@@H](CCC(=O)O)C(=O)N/C(=C\c2c[nH]c3ccccc23)C(=O)O[C@@H]1C. The number of phenols is 1. The van der Waals surface area contributed by atoms with Crippen molar-refractivity contribution in [3.05, 3.63) is 108 Å². The summed E-state index contributed by atoms with van der Waals surface area (Å²) >= 11 is 0. The van der Waals surface area contributed by atoms with Gasteiger partial charge in [0.15, 0.2) is 12.2 Å². The molecule has 590 valence electrons. The number of benzene rings is 3. The largest absolute Gasteiger partial charge is 0.508 e. The number of aliphatic carboxylic acids is 4. The number of phosphoric ester groups is 1. The van der Waals surface area contributed by atoms with Crippen molar-refractivity contribution in [2.24, 2.45) is 5.73 Å². The number of carboxylic acids is 4. The number of hydrogen-bond donors (Lipinski definition) is 22. The van der Waals surface area contributed by atoms with Crippen LogP contribution in [0.15, 0.2) is 90.9 Å². The van der Waals surface area contributed by atoms with Crippen LogP contribution in [0.2, 0.25) is 0 Å². The lowest BCUT2D eigenvalue weighted by molar-refractivity contribution is -0.150. The van der Waals surface area contributed by atoms with Crippen LogP contribution in [0.3, 0.4) is 0 Å². The molecule has 12 amide bonds. The third kappa shape index (κ3) is 24.2. The number of phosphoric acid groups is 1. The number of primary amides is 1. The van der Waals surface area contributed by atoms with Crippen LogP contribution in [-0.2, 0) is 106 Å². The van der Waals surface area contributed by atoms with Crippen LogP contribution >= 0.6 is 7.82 Å². The summed E-state index contributed by atoms with van der Waals surface area (Å²) < 4.78 is 28.0. The Morgan fingerprint density at radius 1 is 0.645 bits per heavy atom. The van der Waals surface area contributed by atoms with E-state index in [1.54, 1.807) is 48.6 Å². The van der Waals surface area contributed by atoms with Gasteiger partial charge in [-0.1, -0.05) is 61.9 Å². The van der Waals surface area contributed by atoms with E-state index in [0.29, 0.717) is 34.6 Å². The van der Waals surface area contributed by atoms with Gasteiger partial charge in [0.2, 0.25) is 65.0 Å². The van der Waals surface area contributed by atoms with E-state index >= 15 is 14.4 Å². The van der Waals surface area contributed by atoms with Crippen LogP contribution in [0.4, 0.5) is 0 Å². The number of carbonyl (C=O) groups is 17. The number of aromatic hydroxyl groups is 1. The average molecular weight is 1560 g/mol. The molecule has 2 aliphatic rings. The highest BCUT2D eigenvalue weighted by Crippen LogP contribution is 2.38. The van der Waals surface area contributed by atoms with E-state index in [0.717, 1.165) is 37.3 Å². The lowest BCUT2D eigenvalue weighted by atomic mass is 10.0. The molecule has 0 radical (unpaired) electrons. The van der Waals surface area contributed by atoms with Crippen molar-refractivity contribution in [2.45, 2.75) is 144 Å². The van der Waals surface area contributed by atoms with Crippen molar-refractivity contribution in [1.82, 2.24) is 68.5 Å². The maximum atomic E-state index is 15.3. The smallest absolute Gasteiger partial charge is 0.470 e. The van der Waals surface area contributed by atoms with Gasteiger partial charge in [0, 0.05) is 52.6 Å². The van der Waals surface area contributed by atoms with Crippen LogP contribution < -0.4 is 64.2 Å². The number of carboxylic acid groups (broad SMARTS) is 4. The fourth-order valence-electron chi connectivity index (χ4n) is 11.2. The van der Waals surface area contributed by atoms with Crippen molar-refractivity contribution in [2.75, 3.05) is 13.2 Å². The number of epoxide rings is 1. The summed E-state index contributed by atoms with van der Waals surface area (Å²) in [6.07, 6.45) is -9.22. The van der Waals surface area contributed by atoms with Gasteiger partial charge in [-0.25, -0.2) is 9.36 Å². The van der Waals surface area contributed by atoms with E-state index in [9.17, 15) is 112 Å². The molecule has 0 unspecified atom stereocenters. The Labute approximate surface area is 619 Å². The molecule has 2 saturated heterocycles. The number of H-pyrrole nitrogens is 2. The Hall–Kier alpha value is -12.7. The van der Waals surface area contributed by atoms with Gasteiger partial charge in [-0.05, 0) is 61.2 Å². The van der Waals surface area contributed by atoms with E-state index in [1.165, 1.54) is 24.5 Å². The highest BCUT2D eigenvalue weighted by Gasteiger charge is 2.47. The predicted octanol–water partition coefficient (Wildman–Crippen LogP) is -5.34. The maximum absolute atomic E-state index is 15.3. The Balaban J connectivity index is 1.40. The maximum Gasteiger partial charge on any atom is 0.470 e. The van der Waals surface area contributed by atoms with E-state index in [1.807, 2.05) is 21.3 Å². The Bertz CT molecular complexity index is 4460. The van der Waals surface area contributed by atoms with Gasteiger partial charge in [-0.3, -0.25) is 81.2 Å². The Kier molecular flexibility index (Phi) is 29.4. The van der Waals surface area contributed by atoms with E-state index in [4.69, 9.17) is 15.2 Å². The average Bonchev–Trinajstić information content (AvgIpc) is 1.86. The third-order valence-electron chi connectivity index (χ3n) is 16.6. The van der Waals surface area contributed by atoms with Gasteiger partial charge < -0.3 is 124 Å². The quantitative estimate of drug-likeness (QED) is 0.0119. The minimum absolute atomic E-state index is 0.0367. The first kappa shape index (κ1) is 84.6. The molecule has 3 aromatic carbocycles. The molecule has 13 atom stereocenters. The van der Waals surface area contributed by atoms with Crippen LogP contribution in [0, 0.1) is 0 Å². The van der Waals surface area contributed by atoms with Crippen molar-refractivity contribution in [1.29, 1.82) is 0 Å². The standard InChI is InChI=1S/C66H77N14O29P/c1-3-8-44-53(108-44)65(102)77-43(27-81)61(98)79-50-28(2)107-66(103)42(20-31-25-69-36-12-7-5-10-34(31)36)76-57(94)37(17-18-46(84)85)71-64(101)52(54(55(67)92)109-110(104,105)106)78-45(83)26-70-56(93)39(21-47(86)87)75-63(100)51(29-13-15-32(82)16-14-29)80-60(97)41(23-49(90)91)73-59(96)40(22-48(88)89)72-58(95)38(74-62(50)99)19-30-24-68-35-11-6-4-9-33(30)35/h4-7,9-16,20,24-25,28,37-41,43-44,50-54,68-69,81-82H,3,8,17-19,21-23,26-27H2,1-2H3,(H2,67,92)(H,70,93)(H,71,101)(H,72,95)(H,73,96)(H,74,99)(H,75,100)(H,76,94)(H,77,102)(H,78,83)(H,79,98)(H,80,97)(H,84,85)(H,86,87)(H,88,89)(H,90,91)(H2,104,105,106)/b42-20-/t28-,37+,38-,39+,40+,41+,43+,44-,50+,51-,52-,53+,54+/m1/s1. The third-order valence-corrected chi connectivity index (χ3v) is 17.2. The van der Waals surface area contributed by atoms with Gasteiger partial charge in [0.1, 0.15) is 71.9 Å². The van der Waals surface area contributed by atoms with Gasteiger partial charge in [0.25, 0.3) is 5.91 Å². The number of aliphatic hydroxyl groups excluding tert-OH is 1. The summed E-state index contributed by atoms with van der Waals surface area (Å²) in [7, 11) is -6.01. The molecule has 0 aliphatic carbocycles. The lowest BCUT2D eigenvalue weighted by Gasteiger charge is -2.29. The van der Waals surface area contributed by atoms with Crippen molar-refractivity contribution >= 4 is 136 Å². The first-order valence-electron chi connectivity index (χ1n) is 33.2. The van der Waals surface area contributed by atoms with E-state index in [-0.39, 0.29) is 16.7 Å². The molecular formula is C66H77N14O29P.